The molecule has 8 heteroatoms. The van der Waals surface area contributed by atoms with Crippen LogP contribution >= 0.6 is 0 Å². The molecule has 0 bridgehead atoms. The summed E-state index contributed by atoms with van der Waals surface area (Å²) in [7, 11) is 0. The summed E-state index contributed by atoms with van der Waals surface area (Å²) in [4.78, 5) is 20.9. The van der Waals surface area contributed by atoms with Gasteiger partial charge >= 0.3 is 6.18 Å². The number of alkyl halides is 3. The van der Waals surface area contributed by atoms with Gasteiger partial charge in [-0.2, -0.15) is 13.2 Å². The van der Waals surface area contributed by atoms with E-state index in [1.807, 2.05) is 5.32 Å². The van der Waals surface area contributed by atoms with E-state index in [-0.39, 0.29) is 5.69 Å². The van der Waals surface area contributed by atoms with Crippen LogP contribution in [0.3, 0.4) is 0 Å². The molecule has 0 heterocycles. The van der Waals surface area contributed by atoms with Crippen molar-refractivity contribution >= 4 is 11.6 Å². The maximum Gasteiger partial charge on any atom is 0.409 e. The Balaban J connectivity index is 2.99. The van der Waals surface area contributed by atoms with Crippen molar-refractivity contribution in [2.75, 3.05) is 11.9 Å². The summed E-state index contributed by atoms with van der Waals surface area (Å²) in [5.74, 6) is -1.46. The summed E-state index contributed by atoms with van der Waals surface area (Å²) in [6.07, 6.45) is -5.01. The number of carbonyl (C=O) groups is 1. The van der Waals surface area contributed by atoms with Crippen molar-refractivity contribution in [3.05, 3.63) is 40.4 Å². The summed E-state index contributed by atoms with van der Waals surface area (Å²) in [5, 5.41) is 12.4. The topological polar surface area (TPSA) is 72.2 Å². The van der Waals surface area contributed by atoms with Crippen LogP contribution in [0.4, 0.5) is 18.9 Å². The van der Waals surface area contributed by atoms with Gasteiger partial charge in [0.15, 0.2) is 0 Å². The number of hydrogen-bond acceptors (Lipinski definition) is 3. The van der Waals surface area contributed by atoms with Crippen LogP contribution in [0.25, 0.3) is 0 Å². The van der Waals surface area contributed by atoms with Crippen LogP contribution in [0.15, 0.2) is 30.3 Å². The predicted octanol–water partition coefficient (Wildman–Crippen LogP) is 2.47. The van der Waals surface area contributed by atoms with Gasteiger partial charge in [0, 0.05) is 10.6 Å². The summed E-state index contributed by atoms with van der Waals surface area (Å²) in [6, 6.07) is 7.44. The fourth-order valence-electron chi connectivity index (χ4n) is 1.34. The second-order valence-electron chi connectivity index (χ2n) is 4.14. The van der Waals surface area contributed by atoms with Crippen molar-refractivity contribution in [2.24, 2.45) is 5.41 Å². The van der Waals surface area contributed by atoms with Crippen molar-refractivity contribution in [3.63, 3.8) is 0 Å². The Morgan fingerprint density at radius 1 is 1.32 bits per heavy atom. The van der Waals surface area contributed by atoms with Crippen LogP contribution < -0.4 is 5.32 Å². The number of nitrogens with one attached hydrogen (secondary N) is 1. The molecule has 1 aromatic carbocycles. The number of anilines is 1. The molecule has 1 unspecified atom stereocenters. The second-order valence-corrected chi connectivity index (χ2v) is 4.14. The van der Waals surface area contributed by atoms with E-state index in [9.17, 15) is 28.1 Å². The van der Waals surface area contributed by atoms with E-state index >= 15 is 0 Å². The second kappa shape index (κ2) is 5.25. The smallest absolute Gasteiger partial charge is 0.325 e. The average Bonchev–Trinajstić information content (AvgIpc) is 2.27. The first-order chi connectivity index (χ1) is 8.67. The molecule has 1 rings (SSSR count). The van der Waals surface area contributed by atoms with Gasteiger partial charge in [0.1, 0.15) is 0 Å². The molecule has 0 aromatic heterocycles. The minimum Gasteiger partial charge on any atom is -0.325 e. The van der Waals surface area contributed by atoms with Crippen LogP contribution in [0.1, 0.15) is 6.92 Å². The van der Waals surface area contributed by atoms with Gasteiger partial charge in [0.05, 0.1) is 0 Å². The molecule has 0 saturated heterocycles. The SMILES string of the molecule is CC(C[N+](=O)[O-])(C(=O)Nc1ccccc1)C(F)(F)F. The molecule has 0 aliphatic rings. The zero-order valence-electron chi connectivity index (χ0n) is 9.90. The largest absolute Gasteiger partial charge is 0.409 e. The molecule has 0 fully saturated rings. The van der Waals surface area contributed by atoms with Gasteiger partial charge in [0.2, 0.25) is 17.9 Å². The molecule has 1 amide bonds. The third-order valence-electron chi connectivity index (χ3n) is 2.60. The Morgan fingerprint density at radius 2 is 1.84 bits per heavy atom. The summed E-state index contributed by atoms with van der Waals surface area (Å²) in [5.41, 5.74) is -2.93. The Morgan fingerprint density at radius 3 is 2.26 bits per heavy atom. The molecule has 0 radical (unpaired) electrons. The van der Waals surface area contributed by atoms with Gasteiger partial charge in [-0.1, -0.05) is 18.2 Å². The van der Waals surface area contributed by atoms with E-state index < -0.39 is 29.0 Å². The molecule has 0 aliphatic carbocycles. The van der Waals surface area contributed by atoms with E-state index in [0.717, 1.165) is 0 Å². The standard InChI is InChI=1S/C11H11F3N2O3/c1-10(7-16(18)19,11(12,13)14)9(17)15-8-5-3-2-4-6-8/h2-6H,7H2,1H3,(H,15,17). The highest BCUT2D eigenvalue weighted by atomic mass is 19.4. The average molecular weight is 276 g/mol. The number of rotatable bonds is 4. The van der Waals surface area contributed by atoms with Gasteiger partial charge in [-0.3, -0.25) is 14.9 Å². The summed E-state index contributed by atoms with van der Waals surface area (Å²) in [6.45, 7) is -1.01. The van der Waals surface area contributed by atoms with Crippen molar-refractivity contribution < 1.29 is 22.9 Å². The maximum absolute atomic E-state index is 12.9. The maximum atomic E-state index is 12.9. The molecule has 5 nitrogen and oxygen atoms in total. The number of carbonyl (C=O) groups excluding carboxylic acids is 1. The van der Waals surface area contributed by atoms with Crippen LogP contribution in [0, 0.1) is 15.5 Å². The number of hydrogen-bond donors (Lipinski definition) is 1. The monoisotopic (exact) mass is 276 g/mol. The minimum atomic E-state index is -5.01. The number of benzene rings is 1. The highest BCUT2D eigenvalue weighted by molar-refractivity contribution is 5.95. The lowest BCUT2D eigenvalue weighted by Gasteiger charge is -2.26. The summed E-state index contributed by atoms with van der Waals surface area (Å²) < 4.78 is 38.6. The third-order valence-corrected chi connectivity index (χ3v) is 2.60. The van der Waals surface area contributed by atoms with Gasteiger partial charge in [-0.25, -0.2) is 0 Å². The van der Waals surface area contributed by atoms with E-state index in [2.05, 4.69) is 0 Å². The normalized spacial score (nSPS) is 14.5. The molecule has 19 heavy (non-hydrogen) atoms. The number of amides is 1. The Kier molecular flexibility index (Phi) is 4.13. The predicted molar refractivity (Wildman–Crippen MR) is 61.1 cm³/mol. The Bertz CT molecular complexity index is 476. The lowest BCUT2D eigenvalue weighted by molar-refractivity contribution is -0.504. The molecule has 104 valence electrons. The van der Waals surface area contributed by atoms with Crippen LogP contribution in [-0.4, -0.2) is 23.6 Å². The summed E-state index contributed by atoms with van der Waals surface area (Å²) >= 11 is 0. The van der Waals surface area contributed by atoms with Crippen LogP contribution in [0.2, 0.25) is 0 Å². The van der Waals surface area contributed by atoms with E-state index in [4.69, 9.17) is 0 Å². The van der Waals surface area contributed by atoms with Crippen molar-refractivity contribution in [3.8, 4) is 0 Å². The van der Waals surface area contributed by atoms with Crippen molar-refractivity contribution in [2.45, 2.75) is 13.1 Å². The molecule has 1 atom stereocenters. The molecule has 0 spiro atoms. The zero-order chi connectivity index (χ0) is 14.7. The lowest BCUT2D eigenvalue weighted by atomic mass is 9.88. The van der Waals surface area contributed by atoms with Crippen molar-refractivity contribution in [1.82, 2.24) is 0 Å². The van der Waals surface area contributed by atoms with E-state index in [0.29, 0.717) is 6.92 Å². The van der Waals surface area contributed by atoms with Crippen LogP contribution in [-0.2, 0) is 4.79 Å². The molecular formula is C11H11F3N2O3. The third kappa shape index (κ3) is 3.43. The number of nitrogens with zero attached hydrogens (tertiary/aromatic N) is 1. The quantitative estimate of drug-likeness (QED) is 0.678. The number of nitro groups is 1. The van der Waals surface area contributed by atoms with E-state index in [1.165, 1.54) is 24.3 Å². The Hall–Kier alpha value is -2.12. The fraction of sp³-hybridized carbons (Fsp3) is 0.364. The zero-order valence-corrected chi connectivity index (χ0v) is 9.90. The fourth-order valence-corrected chi connectivity index (χ4v) is 1.34. The Labute approximate surface area is 106 Å². The lowest BCUT2D eigenvalue weighted by Crippen LogP contribution is -2.50. The molecule has 0 aliphatic heterocycles. The van der Waals surface area contributed by atoms with Crippen LogP contribution in [0.5, 0.6) is 0 Å². The van der Waals surface area contributed by atoms with Crippen molar-refractivity contribution in [1.29, 1.82) is 0 Å². The minimum absolute atomic E-state index is 0.145. The number of para-hydroxylation sites is 1. The molecule has 0 saturated carbocycles. The highest BCUT2D eigenvalue weighted by Crippen LogP contribution is 2.39. The number of halogens is 3. The van der Waals surface area contributed by atoms with E-state index in [1.54, 1.807) is 6.07 Å². The van der Waals surface area contributed by atoms with Gasteiger partial charge in [0.25, 0.3) is 0 Å². The van der Waals surface area contributed by atoms with Gasteiger partial charge < -0.3 is 5.32 Å². The molecule has 1 N–H and O–H groups in total. The first-order valence-corrected chi connectivity index (χ1v) is 5.22. The van der Waals surface area contributed by atoms with Gasteiger partial charge in [-0.15, -0.1) is 0 Å². The molecule has 1 aromatic rings. The highest BCUT2D eigenvalue weighted by Gasteiger charge is 2.60. The first kappa shape index (κ1) is 14.9. The first-order valence-electron chi connectivity index (χ1n) is 5.22. The van der Waals surface area contributed by atoms with Gasteiger partial charge in [-0.05, 0) is 19.1 Å². The molecular weight excluding hydrogens is 265 g/mol.